The lowest BCUT2D eigenvalue weighted by Crippen LogP contribution is -2.42. The van der Waals surface area contributed by atoms with Crippen molar-refractivity contribution in [3.05, 3.63) is 29.8 Å². The van der Waals surface area contributed by atoms with Crippen LogP contribution in [-0.4, -0.2) is 25.1 Å². The van der Waals surface area contributed by atoms with Gasteiger partial charge in [-0.25, -0.2) is 0 Å². The number of ether oxygens (including phenoxy) is 1. The molecule has 0 fully saturated rings. The molecule has 4 heteroatoms. The van der Waals surface area contributed by atoms with E-state index in [4.69, 9.17) is 10.5 Å². The Hall–Kier alpha value is -1.55. The largest absolute Gasteiger partial charge is 0.496 e. The van der Waals surface area contributed by atoms with Crippen LogP contribution >= 0.6 is 0 Å². The molecule has 21 heavy (non-hydrogen) atoms. The van der Waals surface area contributed by atoms with Gasteiger partial charge in [-0.15, -0.1) is 0 Å². The van der Waals surface area contributed by atoms with Crippen LogP contribution in [0.2, 0.25) is 0 Å². The lowest BCUT2D eigenvalue weighted by molar-refractivity contribution is -0.122. The fourth-order valence-corrected chi connectivity index (χ4v) is 2.09. The van der Waals surface area contributed by atoms with Crippen molar-refractivity contribution in [2.75, 3.05) is 7.11 Å². The van der Waals surface area contributed by atoms with E-state index in [0.717, 1.165) is 17.7 Å². The van der Waals surface area contributed by atoms with Crippen molar-refractivity contribution in [1.29, 1.82) is 0 Å². The van der Waals surface area contributed by atoms with Gasteiger partial charge >= 0.3 is 0 Å². The van der Waals surface area contributed by atoms with Crippen LogP contribution in [0.5, 0.6) is 5.75 Å². The Labute approximate surface area is 128 Å². The molecule has 0 aliphatic rings. The van der Waals surface area contributed by atoms with E-state index in [1.54, 1.807) is 7.11 Å². The lowest BCUT2D eigenvalue weighted by atomic mass is 9.85. The van der Waals surface area contributed by atoms with Crippen molar-refractivity contribution >= 4 is 5.91 Å². The standard InChI is InChI=1S/C17H28N2O2/c1-12(10-13-8-6-7-9-14(13)21-5)19-16(20)11-15(18)17(2,3)4/h6-9,12,15H,10-11,18H2,1-5H3,(H,19,20). The molecule has 1 rings (SSSR count). The first-order valence-corrected chi connectivity index (χ1v) is 7.41. The number of benzene rings is 1. The summed E-state index contributed by atoms with van der Waals surface area (Å²) in [5.41, 5.74) is 7.07. The molecule has 0 aromatic heterocycles. The SMILES string of the molecule is COc1ccccc1CC(C)NC(=O)CC(N)C(C)(C)C. The van der Waals surface area contributed by atoms with Gasteiger partial charge in [0.25, 0.3) is 0 Å². The zero-order valence-corrected chi connectivity index (χ0v) is 13.8. The van der Waals surface area contributed by atoms with Gasteiger partial charge in [0, 0.05) is 18.5 Å². The molecule has 0 spiro atoms. The molecule has 0 radical (unpaired) electrons. The maximum Gasteiger partial charge on any atom is 0.221 e. The summed E-state index contributed by atoms with van der Waals surface area (Å²) >= 11 is 0. The number of amides is 1. The summed E-state index contributed by atoms with van der Waals surface area (Å²) in [6.07, 6.45) is 1.08. The average molecular weight is 292 g/mol. The van der Waals surface area contributed by atoms with Crippen molar-refractivity contribution in [3.8, 4) is 5.75 Å². The third-order valence-electron chi connectivity index (χ3n) is 3.64. The number of nitrogens with two attached hydrogens (primary N) is 1. The van der Waals surface area contributed by atoms with Gasteiger partial charge in [0.15, 0.2) is 0 Å². The molecule has 1 amide bonds. The van der Waals surface area contributed by atoms with E-state index in [1.807, 2.05) is 52.0 Å². The molecule has 0 heterocycles. The number of nitrogens with one attached hydrogen (secondary N) is 1. The Kier molecular flexibility index (Phi) is 6.21. The molecule has 2 unspecified atom stereocenters. The summed E-state index contributed by atoms with van der Waals surface area (Å²) < 4.78 is 5.33. The molecule has 1 aromatic carbocycles. The van der Waals surface area contributed by atoms with Crippen LogP contribution in [0, 0.1) is 5.41 Å². The maximum atomic E-state index is 12.0. The first kappa shape index (κ1) is 17.5. The molecule has 0 aliphatic carbocycles. The molecule has 1 aromatic rings. The molecule has 0 saturated heterocycles. The van der Waals surface area contributed by atoms with E-state index in [9.17, 15) is 4.79 Å². The number of rotatable bonds is 6. The van der Waals surface area contributed by atoms with Crippen molar-refractivity contribution < 1.29 is 9.53 Å². The van der Waals surface area contributed by atoms with Gasteiger partial charge in [-0.3, -0.25) is 4.79 Å². The normalized spacial score (nSPS) is 14.4. The quantitative estimate of drug-likeness (QED) is 0.846. The van der Waals surface area contributed by atoms with Gasteiger partial charge in [-0.2, -0.15) is 0 Å². The third-order valence-corrected chi connectivity index (χ3v) is 3.64. The summed E-state index contributed by atoms with van der Waals surface area (Å²) in [6.45, 7) is 8.13. The molecule has 4 nitrogen and oxygen atoms in total. The zero-order valence-electron chi connectivity index (χ0n) is 13.8. The fourth-order valence-electron chi connectivity index (χ4n) is 2.09. The highest BCUT2D eigenvalue weighted by atomic mass is 16.5. The number of para-hydroxylation sites is 1. The van der Waals surface area contributed by atoms with Crippen molar-refractivity contribution in [2.45, 2.75) is 52.6 Å². The number of hydrogen-bond donors (Lipinski definition) is 2. The summed E-state index contributed by atoms with van der Waals surface area (Å²) in [5, 5.41) is 3.01. The second-order valence-electron chi connectivity index (χ2n) is 6.66. The van der Waals surface area contributed by atoms with E-state index >= 15 is 0 Å². The number of hydrogen-bond acceptors (Lipinski definition) is 3. The highest BCUT2D eigenvalue weighted by molar-refractivity contribution is 5.77. The van der Waals surface area contributed by atoms with Crippen LogP contribution in [0.15, 0.2) is 24.3 Å². The van der Waals surface area contributed by atoms with E-state index < -0.39 is 0 Å². The monoisotopic (exact) mass is 292 g/mol. The van der Waals surface area contributed by atoms with Crippen molar-refractivity contribution in [1.82, 2.24) is 5.32 Å². The van der Waals surface area contributed by atoms with Crippen LogP contribution in [0.4, 0.5) is 0 Å². The first-order valence-electron chi connectivity index (χ1n) is 7.41. The Morgan fingerprint density at radius 3 is 2.52 bits per heavy atom. The Bertz CT molecular complexity index is 466. The van der Waals surface area contributed by atoms with Crippen molar-refractivity contribution in [2.24, 2.45) is 11.1 Å². The molecule has 2 atom stereocenters. The molecule has 0 aliphatic heterocycles. The molecule has 118 valence electrons. The van der Waals surface area contributed by atoms with Gasteiger partial charge in [-0.1, -0.05) is 39.0 Å². The van der Waals surface area contributed by atoms with Gasteiger partial charge in [-0.05, 0) is 30.4 Å². The van der Waals surface area contributed by atoms with Crippen molar-refractivity contribution in [3.63, 3.8) is 0 Å². The fraction of sp³-hybridized carbons (Fsp3) is 0.588. The zero-order chi connectivity index (χ0) is 16.0. The Morgan fingerprint density at radius 1 is 1.33 bits per heavy atom. The van der Waals surface area contributed by atoms with Crippen LogP contribution < -0.4 is 15.8 Å². The Morgan fingerprint density at radius 2 is 1.95 bits per heavy atom. The smallest absolute Gasteiger partial charge is 0.221 e. The topological polar surface area (TPSA) is 64.3 Å². The number of methoxy groups -OCH3 is 1. The predicted molar refractivity (Wildman–Crippen MR) is 86.4 cm³/mol. The van der Waals surface area contributed by atoms with Gasteiger partial charge in [0.2, 0.25) is 5.91 Å². The minimum atomic E-state index is -0.143. The summed E-state index contributed by atoms with van der Waals surface area (Å²) in [6, 6.07) is 7.76. The third kappa shape index (κ3) is 5.76. The van der Waals surface area contributed by atoms with Gasteiger partial charge in [0.05, 0.1) is 7.11 Å². The van der Waals surface area contributed by atoms with E-state index in [-0.39, 0.29) is 23.4 Å². The first-order chi connectivity index (χ1) is 9.74. The molecular formula is C17H28N2O2. The predicted octanol–water partition coefficient (Wildman–Crippen LogP) is 2.51. The minimum Gasteiger partial charge on any atom is -0.496 e. The average Bonchev–Trinajstić information content (AvgIpc) is 2.37. The summed E-state index contributed by atoms with van der Waals surface area (Å²) in [5.74, 6) is 0.852. The minimum absolute atomic E-state index is 0.000164. The van der Waals surface area contributed by atoms with E-state index in [2.05, 4.69) is 5.32 Å². The van der Waals surface area contributed by atoms with Gasteiger partial charge in [0.1, 0.15) is 5.75 Å². The molecule has 0 saturated carbocycles. The van der Waals surface area contributed by atoms with Crippen LogP contribution in [0.1, 0.15) is 39.7 Å². The highest BCUT2D eigenvalue weighted by Crippen LogP contribution is 2.20. The lowest BCUT2D eigenvalue weighted by Gasteiger charge is -2.27. The second-order valence-corrected chi connectivity index (χ2v) is 6.66. The summed E-state index contributed by atoms with van der Waals surface area (Å²) in [4.78, 5) is 12.0. The van der Waals surface area contributed by atoms with E-state index in [1.165, 1.54) is 0 Å². The van der Waals surface area contributed by atoms with Crippen LogP contribution in [0.25, 0.3) is 0 Å². The second kappa shape index (κ2) is 7.46. The van der Waals surface area contributed by atoms with Gasteiger partial charge < -0.3 is 15.8 Å². The summed E-state index contributed by atoms with van der Waals surface area (Å²) in [7, 11) is 1.66. The van der Waals surface area contributed by atoms with Crippen LogP contribution in [0.3, 0.4) is 0 Å². The Balaban J connectivity index is 2.54. The molecule has 3 N–H and O–H groups in total. The molecule has 0 bridgehead atoms. The number of carbonyl (C=O) groups excluding carboxylic acids is 1. The molecular weight excluding hydrogens is 264 g/mol. The maximum absolute atomic E-state index is 12.0. The van der Waals surface area contributed by atoms with Crippen LogP contribution in [-0.2, 0) is 11.2 Å². The number of carbonyl (C=O) groups is 1. The van der Waals surface area contributed by atoms with E-state index in [0.29, 0.717) is 6.42 Å². The highest BCUT2D eigenvalue weighted by Gasteiger charge is 2.23.